The van der Waals surface area contributed by atoms with Gasteiger partial charge in [-0.05, 0) is 88.4 Å². The Labute approximate surface area is 317 Å². The predicted octanol–water partition coefficient (Wildman–Crippen LogP) is 13.3. The summed E-state index contributed by atoms with van der Waals surface area (Å²) in [5.41, 5.74) is 12.5. The normalized spacial score (nSPS) is 13.7. The number of nitrogens with one attached hydrogen (secondary N) is 1. The van der Waals surface area contributed by atoms with E-state index in [1.807, 2.05) is 30.6 Å². The van der Waals surface area contributed by atoms with Gasteiger partial charge in [-0.2, -0.15) is 0 Å². The van der Waals surface area contributed by atoms with E-state index in [4.69, 9.17) is 8.83 Å². The second-order valence-corrected chi connectivity index (χ2v) is 14.0. The van der Waals surface area contributed by atoms with Crippen LogP contribution in [-0.4, -0.2) is 4.98 Å². The molecule has 11 rings (SSSR count). The Bertz CT molecular complexity index is 3070. The molecule has 0 saturated heterocycles. The van der Waals surface area contributed by atoms with Crippen LogP contribution in [0, 0.1) is 0 Å². The van der Waals surface area contributed by atoms with Crippen molar-refractivity contribution in [3.63, 3.8) is 0 Å². The van der Waals surface area contributed by atoms with E-state index >= 15 is 0 Å². The van der Waals surface area contributed by atoms with Gasteiger partial charge in [0, 0.05) is 50.2 Å². The van der Waals surface area contributed by atoms with Gasteiger partial charge in [-0.3, -0.25) is 4.98 Å². The molecule has 1 atom stereocenters. The van der Waals surface area contributed by atoms with Crippen molar-refractivity contribution in [3.8, 4) is 22.3 Å². The lowest BCUT2D eigenvalue weighted by atomic mass is 9.96. The number of hydrogen-bond acceptors (Lipinski definition) is 5. The van der Waals surface area contributed by atoms with Gasteiger partial charge in [0.15, 0.2) is 5.58 Å². The Kier molecular flexibility index (Phi) is 7.17. The average Bonchev–Trinajstić information content (AvgIpc) is 3.83. The van der Waals surface area contributed by atoms with Crippen LogP contribution in [0.5, 0.6) is 0 Å². The lowest BCUT2D eigenvalue weighted by molar-refractivity contribution is 0.495. The van der Waals surface area contributed by atoms with Gasteiger partial charge in [0.25, 0.3) is 0 Å². The fraction of sp³-hybridized carbons (Fsp3) is 0.0200. The third-order valence-corrected chi connectivity index (χ3v) is 10.8. The summed E-state index contributed by atoms with van der Waals surface area (Å²) in [4.78, 5) is 6.66. The van der Waals surface area contributed by atoms with Gasteiger partial charge in [0.05, 0.1) is 11.9 Å². The molecule has 7 aromatic carbocycles. The summed E-state index contributed by atoms with van der Waals surface area (Å²) in [7, 11) is 0. The predicted molar refractivity (Wildman–Crippen MR) is 225 cm³/mol. The summed E-state index contributed by atoms with van der Waals surface area (Å²) in [5, 5.41) is 9.19. The van der Waals surface area contributed by atoms with Crippen molar-refractivity contribution in [1.29, 1.82) is 0 Å². The van der Waals surface area contributed by atoms with Crippen molar-refractivity contribution in [3.05, 3.63) is 199 Å². The number of pyridine rings is 1. The first-order chi connectivity index (χ1) is 27.3. The quantitative estimate of drug-likeness (QED) is 0.186. The molecule has 5 heteroatoms. The molecule has 0 fully saturated rings. The molecule has 0 bridgehead atoms. The Hall–Kier alpha value is -7.37. The molecule has 1 N–H and O–H groups in total. The highest BCUT2D eigenvalue weighted by Crippen LogP contribution is 2.44. The zero-order valence-electron chi connectivity index (χ0n) is 29.7. The molecular formula is C50H33N3O2. The van der Waals surface area contributed by atoms with Crippen LogP contribution < -0.4 is 10.2 Å². The minimum Gasteiger partial charge on any atom is -0.458 e. The number of benzene rings is 7. The van der Waals surface area contributed by atoms with Gasteiger partial charge in [-0.15, -0.1) is 0 Å². The number of aromatic nitrogens is 1. The highest BCUT2D eigenvalue weighted by Gasteiger charge is 2.26. The van der Waals surface area contributed by atoms with Gasteiger partial charge in [-0.1, -0.05) is 115 Å². The molecule has 1 aliphatic rings. The van der Waals surface area contributed by atoms with Crippen LogP contribution in [0.3, 0.4) is 0 Å². The maximum atomic E-state index is 6.43. The largest absolute Gasteiger partial charge is 0.458 e. The molecule has 1 unspecified atom stereocenters. The van der Waals surface area contributed by atoms with E-state index in [1.54, 1.807) is 6.20 Å². The van der Waals surface area contributed by atoms with Gasteiger partial charge in [-0.25, -0.2) is 0 Å². The Morgan fingerprint density at radius 3 is 2.15 bits per heavy atom. The van der Waals surface area contributed by atoms with E-state index in [2.05, 4.69) is 167 Å². The second-order valence-electron chi connectivity index (χ2n) is 14.0. The number of para-hydroxylation sites is 2. The SMILES string of the molecule is C1=Cc2c(oc3ccccc23)C(c2ccc(N(c3ccc(-c4cccc5c4oc4cnccc45)cc3)c3cc(-c4ccccc4)cc4ccccc34)cc2)N1. The van der Waals surface area contributed by atoms with E-state index in [1.165, 1.54) is 16.3 Å². The minimum atomic E-state index is -0.104. The molecule has 260 valence electrons. The van der Waals surface area contributed by atoms with Crippen LogP contribution in [0.15, 0.2) is 191 Å². The summed E-state index contributed by atoms with van der Waals surface area (Å²) in [6, 6.07) is 58.0. The van der Waals surface area contributed by atoms with Crippen LogP contribution in [0.25, 0.3) is 72.0 Å². The Balaban J connectivity index is 1.05. The minimum absolute atomic E-state index is 0.104. The first-order valence-corrected chi connectivity index (χ1v) is 18.5. The van der Waals surface area contributed by atoms with Crippen molar-refractivity contribution in [2.75, 3.05) is 4.90 Å². The maximum absolute atomic E-state index is 6.43. The lowest BCUT2D eigenvalue weighted by Crippen LogP contribution is -2.20. The summed E-state index contributed by atoms with van der Waals surface area (Å²) in [5.74, 6) is 0.932. The van der Waals surface area contributed by atoms with Crippen molar-refractivity contribution < 1.29 is 8.83 Å². The van der Waals surface area contributed by atoms with E-state index in [0.29, 0.717) is 0 Å². The monoisotopic (exact) mass is 707 g/mol. The summed E-state index contributed by atoms with van der Waals surface area (Å²) < 4.78 is 12.8. The highest BCUT2D eigenvalue weighted by atomic mass is 16.3. The summed E-state index contributed by atoms with van der Waals surface area (Å²) in [6.07, 6.45) is 7.74. The smallest absolute Gasteiger partial charge is 0.153 e. The summed E-state index contributed by atoms with van der Waals surface area (Å²) >= 11 is 0. The van der Waals surface area contributed by atoms with Gasteiger partial charge >= 0.3 is 0 Å². The van der Waals surface area contributed by atoms with Crippen molar-refractivity contribution in [2.45, 2.75) is 6.04 Å². The molecule has 5 nitrogen and oxygen atoms in total. The van der Waals surface area contributed by atoms with E-state index in [0.717, 1.165) is 83.5 Å². The third-order valence-electron chi connectivity index (χ3n) is 10.8. The van der Waals surface area contributed by atoms with Crippen molar-refractivity contribution >= 4 is 66.8 Å². The fourth-order valence-electron chi connectivity index (χ4n) is 8.21. The van der Waals surface area contributed by atoms with Crippen LogP contribution in [0.2, 0.25) is 0 Å². The first-order valence-electron chi connectivity index (χ1n) is 18.5. The van der Waals surface area contributed by atoms with Gasteiger partial charge in [0.2, 0.25) is 0 Å². The summed E-state index contributed by atoms with van der Waals surface area (Å²) in [6.45, 7) is 0. The molecule has 0 spiro atoms. The molecule has 4 heterocycles. The lowest BCUT2D eigenvalue weighted by Gasteiger charge is -2.28. The van der Waals surface area contributed by atoms with Crippen molar-refractivity contribution in [2.24, 2.45) is 0 Å². The third kappa shape index (κ3) is 5.20. The molecule has 0 saturated carbocycles. The topological polar surface area (TPSA) is 54.4 Å². The van der Waals surface area contributed by atoms with Crippen LogP contribution >= 0.6 is 0 Å². The van der Waals surface area contributed by atoms with Crippen LogP contribution in [-0.2, 0) is 0 Å². The standard InChI is InChI=1S/C50H33N3O2/c1-2-9-32(10-3-1)36-29-35-11-4-5-12-39(35)45(30-36)53(37-21-17-33(18-22-37)40-14-8-15-43-42-25-27-51-31-47(42)55-49(40)43)38-23-19-34(20-24-38)48-50-44(26-28-52-48)41-13-6-7-16-46(41)54-50/h1-31,48,52H. The molecule has 1 aliphatic heterocycles. The number of rotatable bonds is 6. The number of fused-ring (bicyclic) bond motifs is 7. The first kappa shape index (κ1) is 31.2. The van der Waals surface area contributed by atoms with Crippen molar-refractivity contribution in [1.82, 2.24) is 10.3 Å². The number of anilines is 3. The molecule has 3 aromatic heterocycles. The number of nitrogens with zero attached hydrogens (tertiary/aromatic N) is 2. The average molecular weight is 708 g/mol. The number of hydrogen-bond donors (Lipinski definition) is 1. The maximum Gasteiger partial charge on any atom is 0.153 e. The zero-order valence-corrected chi connectivity index (χ0v) is 29.7. The Morgan fingerprint density at radius 1 is 0.545 bits per heavy atom. The molecule has 0 amide bonds. The van der Waals surface area contributed by atoms with Crippen LogP contribution in [0.1, 0.15) is 22.9 Å². The molecule has 55 heavy (non-hydrogen) atoms. The second kappa shape index (κ2) is 12.6. The van der Waals surface area contributed by atoms with E-state index in [-0.39, 0.29) is 6.04 Å². The Morgan fingerprint density at radius 2 is 1.29 bits per heavy atom. The molecule has 0 radical (unpaired) electrons. The molecule has 0 aliphatic carbocycles. The van der Waals surface area contributed by atoms with Gasteiger partial charge in [0.1, 0.15) is 23.0 Å². The van der Waals surface area contributed by atoms with Gasteiger partial charge < -0.3 is 19.1 Å². The van der Waals surface area contributed by atoms with E-state index < -0.39 is 0 Å². The van der Waals surface area contributed by atoms with E-state index in [9.17, 15) is 0 Å². The van der Waals surface area contributed by atoms with Crippen LogP contribution in [0.4, 0.5) is 17.1 Å². The highest BCUT2D eigenvalue weighted by molar-refractivity contribution is 6.09. The molecular weight excluding hydrogens is 675 g/mol. The fourth-order valence-corrected chi connectivity index (χ4v) is 8.21. The molecule has 10 aromatic rings. The number of furan rings is 2. The zero-order chi connectivity index (χ0) is 36.3.